The van der Waals surface area contributed by atoms with Gasteiger partial charge < -0.3 is 10.1 Å². The summed E-state index contributed by atoms with van der Waals surface area (Å²) in [5.74, 6) is -1.57. The van der Waals surface area contributed by atoms with E-state index in [1.54, 1.807) is 26.0 Å². The maximum absolute atomic E-state index is 12.5. The largest absolute Gasteiger partial charge is 0.453 e. The molecule has 0 bridgehead atoms. The van der Waals surface area contributed by atoms with Gasteiger partial charge >= 0.3 is 12.0 Å². The van der Waals surface area contributed by atoms with E-state index in [1.807, 2.05) is 19.1 Å². The number of carbonyl (C=O) groups is 4. The molecule has 146 valence electrons. The van der Waals surface area contributed by atoms with Gasteiger partial charge in [0, 0.05) is 5.56 Å². The Morgan fingerprint density at radius 1 is 1.11 bits per heavy atom. The summed E-state index contributed by atoms with van der Waals surface area (Å²) in [5.41, 5.74) is 0.573. The molecule has 27 heavy (non-hydrogen) atoms. The van der Waals surface area contributed by atoms with Crippen molar-refractivity contribution in [3.05, 3.63) is 35.4 Å². The van der Waals surface area contributed by atoms with Crippen molar-refractivity contribution in [2.24, 2.45) is 0 Å². The Morgan fingerprint density at radius 2 is 1.70 bits per heavy atom. The zero-order valence-electron chi connectivity index (χ0n) is 16.2. The van der Waals surface area contributed by atoms with Crippen LogP contribution in [0.2, 0.25) is 0 Å². The molecule has 0 aliphatic carbocycles. The summed E-state index contributed by atoms with van der Waals surface area (Å²) in [7, 11) is 0. The number of hydrogen-bond acceptors (Lipinski definition) is 5. The molecule has 1 aliphatic rings. The number of Topliss-reactive ketones (excluding diaryl/α,β-unsaturated/α-hetero) is 1. The molecule has 1 aliphatic heterocycles. The highest BCUT2D eigenvalue weighted by Gasteiger charge is 2.49. The van der Waals surface area contributed by atoms with Crippen LogP contribution in [0.1, 0.15) is 56.5 Å². The molecule has 1 atom stereocenters. The van der Waals surface area contributed by atoms with E-state index in [9.17, 15) is 19.2 Å². The lowest BCUT2D eigenvalue weighted by Gasteiger charge is -2.23. The van der Waals surface area contributed by atoms with Gasteiger partial charge in [0.1, 0.15) is 12.1 Å². The lowest BCUT2D eigenvalue weighted by atomic mass is 9.93. The van der Waals surface area contributed by atoms with E-state index < -0.39 is 36.1 Å². The number of rotatable bonds is 8. The topological polar surface area (TPSA) is 92.8 Å². The molecule has 7 nitrogen and oxygen atoms in total. The number of amides is 3. The number of aryl methyl sites for hydroxylation is 1. The number of imide groups is 1. The van der Waals surface area contributed by atoms with E-state index in [2.05, 4.69) is 5.32 Å². The minimum absolute atomic E-state index is 0.334. The zero-order chi connectivity index (χ0) is 20.2. The van der Waals surface area contributed by atoms with Gasteiger partial charge in [-0.25, -0.2) is 4.79 Å². The van der Waals surface area contributed by atoms with E-state index in [4.69, 9.17) is 4.74 Å². The number of ketones is 1. The van der Waals surface area contributed by atoms with Crippen molar-refractivity contribution < 1.29 is 23.9 Å². The van der Waals surface area contributed by atoms with E-state index in [1.165, 1.54) is 6.92 Å². The fraction of sp³-hybridized carbons (Fsp3) is 0.500. The second-order valence-corrected chi connectivity index (χ2v) is 6.66. The van der Waals surface area contributed by atoms with Crippen LogP contribution in [0.4, 0.5) is 4.79 Å². The minimum atomic E-state index is -1.01. The Labute approximate surface area is 159 Å². The first kappa shape index (κ1) is 20.6. The molecule has 0 unspecified atom stereocenters. The van der Waals surface area contributed by atoms with Crippen LogP contribution in [0.15, 0.2) is 24.3 Å². The molecule has 0 radical (unpaired) electrons. The Morgan fingerprint density at radius 3 is 2.19 bits per heavy atom. The summed E-state index contributed by atoms with van der Waals surface area (Å²) in [6.07, 6.45) is 0.722. The predicted molar refractivity (Wildman–Crippen MR) is 99.3 cm³/mol. The SMILES string of the molecule is CCc1ccc(C(=O)[C@H](C)OC(=O)CN2C(=O)NC(CC)(CC)C2=O)cc1. The maximum atomic E-state index is 12.5. The average molecular weight is 374 g/mol. The molecule has 1 fully saturated rings. The number of benzene rings is 1. The quantitative estimate of drug-likeness (QED) is 0.429. The number of ether oxygens (including phenoxy) is 1. The van der Waals surface area contributed by atoms with Crippen LogP contribution in [0, 0.1) is 0 Å². The monoisotopic (exact) mass is 374 g/mol. The molecule has 0 spiro atoms. The molecule has 1 N–H and O–H groups in total. The number of hydrogen-bond donors (Lipinski definition) is 1. The second-order valence-electron chi connectivity index (χ2n) is 6.66. The van der Waals surface area contributed by atoms with Gasteiger partial charge in [0.2, 0.25) is 5.78 Å². The summed E-state index contributed by atoms with van der Waals surface area (Å²) in [4.78, 5) is 50.0. The average Bonchev–Trinajstić information content (AvgIpc) is 2.92. The molecule has 0 saturated carbocycles. The van der Waals surface area contributed by atoms with Crippen LogP contribution in [-0.4, -0.2) is 46.8 Å². The minimum Gasteiger partial charge on any atom is -0.453 e. The molecule has 1 saturated heterocycles. The number of urea groups is 1. The van der Waals surface area contributed by atoms with Gasteiger partial charge in [0.15, 0.2) is 6.10 Å². The molecule has 7 heteroatoms. The first-order valence-electron chi connectivity index (χ1n) is 9.24. The molecular weight excluding hydrogens is 348 g/mol. The first-order chi connectivity index (χ1) is 12.8. The summed E-state index contributed by atoms with van der Waals surface area (Å²) in [6.45, 7) is 6.58. The van der Waals surface area contributed by atoms with Gasteiger partial charge in [-0.3, -0.25) is 19.3 Å². The Kier molecular flexibility index (Phi) is 6.36. The fourth-order valence-electron chi connectivity index (χ4n) is 3.11. The Bertz CT molecular complexity index is 737. The highest BCUT2D eigenvalue weighted by Crippen LogP contribution is 2.24. The number of nitrogens with one attached hydrogen (secondary N) is 1. The predicted octanol–water partition coefficient (Wildman–Crippen LogP) is 2.47. The highest BCUT2D eigenvalue weighted by molar-refractivity contribution is 6.08. The number of nitrogens with zero attached hydrogens (tertiary/aromatic N) is 1. The van der Waals surface area contributed by atoms with Crippen LogP contribution >= 0.6 is 0 Å². The first-order valence-corrected chi connectivity index (χ1v) is 9.24. The van der Waals surface area contributed by atoms with E-state index >= 15 is 0 Å². The third-order valence-corrected chi connectivity index (χ3v) is 5.06. The van der Waals surface area contributed by atoms with Crippen molar-refractivity contribution in [2.75, 3.05) is 6.54 Å². The lowest BCUT2D eigenvalue weighted by molar-refractivity contribution is -0.150. The van der Waals surface area contributed by atoms with Gasteiger partial charge in [0.05, 0.1) is 0 Å². The van der Waals surface area contributed by atoms with Gasteiger partial charge in [0.25, 0.3) is 5.91 Å². The number of carbonyl (C=O) groups excluding carboxylic acids is 4. The molecule has 0 aromatic heterocycles. The standard InChI is InChI=1S/C20H26N2O5/c1-5-14-8-10-15(11-9-14)17(24)13(4)27-16(23)12-22-18(25)20(6-2,7-3)21-19(22)26/h8-11,13H,5-7,12H2,1-4H3,(H,21,26)/t13-/m0/s1. The van der Waals surface area contributed by atoms with Crippen molar-refractivity contribution in [3.63, 3.8) is 0 Å². The van der Waals surface area contributed by atoms with Gasteiger partial charge in [-0.15, -0.1) is 0 Å². The smallest absolute Gasteiger partial charge is 0.326 e. The third-order valence-electron chi connectivity index (χ3n) is 5.06. The van der Waals surface area contributed by atoms with Crippen molar-refractivity contribution in [3.8, 4) is 0 Å². The summed E-state index contributed by atoms with van der Waals surface area (Å²) >= 11 is 0. The van der Waals surface area contributed by atoms with Gasteiger partial charge in [-0.1, -0.05) is 45.0 Å². The van der Waals surface area contributed by atoms with Crippen molar-refractivity contribution in [1.29, 1.82) is 0 Å². The Hall–Kier alpha value is -2.70. The highest BCUT2D eigenvalue weighted by atomic mass is 16.5. The van der Waals surface area contributed by atoms with Gasteiger partial charge in [-0.05, 0) is 31.7 Å². The number of esters is 1. The van der Waals surface area contributed by atoms with Crippen LogP contribution in [-0.2, 0) is 20.7 Å². The molecule has 1 aromatic carbocycles. The van der Waals surface area contributed by atoms with Crippen LogP contribution in [0.25, 0.3) is 0 Å². The third kappa shape index (κ3) is 4.18. The van der Waals surface area contributed by atoms with Crippen molar-refractivity contribution in [2.45, 2.75) is 58.6 Å². The Balaban J connectivity index is 1.99. The van der Waals surface area contributed by atoms with Crippen LogP contribution < -0.4 is 5.32 Å². The molecule has 2 rings (SSSR count). The summed E-state index contributed by atoms with van der Waals surface area (Å²) in [6, 6.07) is 6.48. The molecule has 1 heterocycles. The summed E-state index contributed by atoms with van der Waals surface area (Å²) < 4.78 is 5.15. The van der Waals surface area contributed by atoms with E-state index in [-0.39, 0.29) is 5.78 Å². The lowest BCUT2D eigenvalue weighted by Crippen LogP contribution is -2.46. The zero-order valence-corrected chi connectivity index (χ0v) is 16.2. The molecular formula is C20H26N2O5. The summed E-state index contributed by atoms with van der Waals surface area (Å²) in [5, 5.41) is 2.65. The van der Waals surface area contributed by atoms with E-state index in [0.29, 0.717) is 18.4 Å². The van der Waals surface area contributed by atoms with Gasteiger partial charge in [-0.2, -0.15) is 0 Å². The normalized spacial score (nSPS) is 16.8. The fourth-order valence-corrected chi connectivity index (χ4v) is 3.11. The maximum Gasteiger partial charge on any atom is 0.326 e. The second kappa shape index (κ2) is 8.33. The molecule has 3 amide bonds. The van der Waals surface area contributed by atoms with Crippen molar-refractivity contribution in [1.82, 2.24) is 10.2 Å². The van der Waals surface area contributed by atoms with Crippen molar-refractivity contribution >= 4 is 23.7 Å². The van der Waals surface area contributed by atoms with Crippen LogP contribution in [0.3, 0.4) is 0 Å². The van der Waals surface area contributed by atoms with Crippen LogP contribution in [0.5, 0.6) is 0 Å². The van der Waals surface area contributed by atoms with E-state index in [0.717, 1.165) is 16.9 Å². The molecule has 1 aromatic rings.